The summed E-state index contributed by atoms with van der Waals surface area (Å²) < 4.78 is 39.2. The number of nitrogens with one attached hydrogen (secondary N) is 2. The maximum atomic E-state index is 13.1. The van der Waals surface area contributed by atoms with Crippen LogP contribution in [0.4, 0.5) is 24.9 Å². The van der Waals surface area contributed by atoms with Gasteiger partial charge in [-0.2, -0.15) is 18.2 Å². The Bertz CT molecular complexity index is 669. The predicted octanol–water partition coefficient (Wildman–Crippen LogP) is 3.86. The van der Waals surface area contributed by atoms with Gasteiger partial charge in [0.2, 0.25) is 5.95 Å². The van der Waals surface area contributed by atoms with Crippen LogP contribution >= 0.6 is 0 Å². The average molecular weight is 337 g/mol. The van der Waals surface area contributed by atoms with Crippen molar-refractivity contribution in [2.45, 2.75) is 44.4 Å². The summed E-state index contributed by atoms with van der Waals surface area (Å²) in [5, 5.41) is 5.90. The summed E-state index contributed by atoms with van der Waals surface area (Å²) in [4.78, 5) is 11.9. The number of hydrogen-bond acceptors (Lipinski definition) is 5. The molecule has 0 aliphatic heterocycles. The van der Waals surface area contributed by atoms with Crippen LogP contribution in [0, 0.1) is 0 Å². The molecule has 1 fully saturated rings. The van der Waals surface area contributed by atoms with Crippen molar-refractivity contribution in [3.8, 4) is 0 Å². The molecule has 24 heavy (non-hydrogen) atoms. The van der Waals surface area contributed by atoms with Crippen LogP contribution in [-0.4, -0.2) is 21.0 Å². The van der Waals surface area contributed by atoms with Gasteiger partial charge in [-0.05, 0) is 25.0 Å². The van der Waals surface area contributed by atoms with Gasteiger partial charge in [-0.1, -0.05) is 18.9 Å². The van der Waals surface area contributed by atoms with E-state index >= 15 is 0 Å². The van der Waals surface area contributed by atoms with Crippen molar-refractivity contribution in [3.05, 3.63) is 41.9 Å². The van der Waals surface area contributed by atoms with Crippen molar-refractivity contribution in [2.24, 2.45) is 0 Å². The van der Waals surface area contributed by atoms with Crippen LogP contribution < -0.4 is 10.6 Å². The molecule has 0 saturated heterocycles. The molecule has 0 atom stereocenters. The second-order valence-corrected chi connectivity index (χ2v) is 5.76. The van der Waals surface area contributed by atoms with Gasteiger partial charge in [0.15, 0.2) is 5.69 Å². The lowest BCUT2D eigenvalue weighted by Crippen LogP contribution is -2.19. The van der Waals surface area contributed by atoms with Gasteiger partial charge < -0.3 is 10.6 Å². The highest BCUT2D eigenvalue weighted by Gasteiger charge is 2.34. The molecule has 3 rings (SSSR count). The van der Waals surface area contributed by atoms with E-state index in [0.717, 1.165) is 37.4 Å². The second kappa shape index (κ2) is 7.02. The number of halogens is 3. The Morgan fingerprint density at radius 3 is 2.58 bits per heavy atom. The zero-order valence-electron chi connectivity index (χ0n) is 13.0. The molecular weight excluding hydrogens is 319 g/mol. The van der Waals surface area contributed by atoms with E-state index in [2.05, 4.69) is 25.6 Å². The van der Waals surface area contributed by atoms with Crippen LogP contribution in [0.15, 0.2) is 30.5 Å². The van der Waals surface area contributed by atoms with E-state index in [0.29, 0.717) is 0 Å². The van der Waals surface area contributed by atoms with Gasteiger partial charge in [-0.25, -0.2) is 4.98 Å². The molecule has 0 unspecified atom stereocenters. The maximum absolute atomic E-state index is 13.1. The molecule has 2 aromatic rings. The van der Waals surface area contributed by atoms with E-state index in [4.69, 9.17) is 0 Å². The number of alkyl halides is 3. The molecule has 0 radical (unpaired) electrons. The first-order chi connectivity index (χ1) is 11.5. The van der Waals surface area contributed by atoms with Gasteiger partial charge in [0, 0.05) is 18.3 Å². The summed E-state index contributed by atoms with van der Waals surface area (Å²) in [6, 6.07) is 6.44. The fraction of sp³-hybridized carbons (Fsp3) is 0.438. The van der Waals surface area contributed by atoms with Gasteiger partial charge in [0.1, 0.15) is 5.82 Å². The van der Waals surface area contributed by atoms with Gasteiger partial charge in [-0.3, -0.25) is 4.98 Å². The zero-order chi connectivity index (χ0) is 17.0. The molecule has 2 N–H and O–H groups in total. The highest BCUT2D eigenvalue weighted by molar-refractivity contribution is 5.44. The molecule has 2 heterocycles. The fourth-order valence-corrected chi connectivity index (χ4v) is 2.68. The summed E-state index contributed by atoms with van der Waals surface area (Å²) in [7, 11) is 0. The van der Waals surface area contributed by atoms with Crippen molar-refractivity contribution in [3.63, 3.8) is 0 Å². The number of pyridine rings is 1. The largest absolute Gasteiger partial charge is 0.433 e. The highest BCUT2D eigenvalue weighted by atomic mass is 19.4. The fourth-order valence-electron chi connectivity index (χ4n) is 2.68. The van der Waals surface area contributed by atoms with Crippen molar-refractivity contribution < 1.29 is 13.2 Å². The zero-order valence-corrected chi connectivity index (χ0v) is 13.0. The first-order valence-corrected chi connectivity index (χ1v) is 7.87. The predicted molar refractivity (Wildman–Crippen MR) is 84.5 cm³/mol. The van der Waals surface area contributed by atoms with Crippen LogP contribution in [0.5, 0.6) is 0 Å². The maximum Gasteiger partial charge on any atom is 0.433 e. The average Bonchev–Trinajstić information content (AvgIpc) is 3.06. The third-order valence-electron chi connectivity index (χ3n) is 3.88. The van der Waals surface area contributed by atoms with Crippen LogP contribution in [0.2, 0.25) is 0 Å². The molecule has 128 valence electrons. The molecular formula is C16H18F3N5. The van der Waals surface area contributed by atoms with E-state index in [1.807, 2.05) is 6.07 Å². The first kappa shape index (κ1) is 16.5. The van der Waals surface area contributed by atoms with E-state index < -0.39 is 11.9 Å². The number of anilines is 2. The Kier molecular flexibility index (Phi) is 4.82. The summed E-state index contributed by atoms with van der Waals surface area (Å²) in [5.41, 5.74) is -0.239. The van der Waals surface area contributed by atoms with Gasteiger partial charge in [0.25, 0.3) is 0 Å². The monoisotopic (exact) mass is 337 g/mol. The van der Waals surface area contributed by atoms with E-state index in [1.165, 1.54) is 0 Å². The molecule has 0 spiro atoms. The van der Waals surface area contributed by atoms with Crippen LogP contribution in [0.25, 0.3) is 0 Å². The topological polar surface area (TPSA) is 62.7 Å². The third-order valence-corrected chi connectivity index (χ3v) is 3.88. The summed E-state index contributed by atoms with van der Waals surface area (Å²) in [6.45, 7) is 0.290. The molecule has 5 nitrogen and oxygen atoms in total. The third kappa shape index (κ3) is 4.33. The Hall–Kier alpha value is -2.38. The summed E-state index contributed by atoms with van der Waals surface area (Å²) in [5.74, 6) is 0.142. The Labute approximate surface area is 137 Å². The molecule has 1 saturated carbocycles. The van der Waals surface area contributed by atoms with Crippen LogP contribution in [-0.2, 0) is 12.7 Å². The standard InChI is InChI=1S/C16H18F3N5/c17-16(18,19)13-9-14(21-10-12-7-3-4-8-20-12)24-15(23-13)22-11-5-1-2-6-11/h3-4,7-9,11H,1-2,5-6,10H2,(H2,21,22,23,24). The molecule has 1 aliphatic carbocycles. The van der Waals surface area contributed by atoms with Crippen molar-refractivity contribution >= 4 is 11.8 Å². The molecule has 1 aliphatic rings. The normalized spacial score (nSPS) is 15.5. The molecule has 0 amide bonds. The molecule has 0 aromatic carbocycles. The molecule has 8 heteroatoms. The minimum absolute atomic E-state index is 0.0141. The van der Waals surface area contributed by atoms with Crippen molar-refractivity contribution in [1.29, 1.82) is 0 Å². The smallest absolute Gasteiger partial charge is 0.364 e. The van der Waals surface area contributed by atoms with E-state index in [-0.39, 0.29) is 24.4 Å². The number of aromatic nitrogens is 3. The highest BCUT2D eigenvalue weighted by Crippen LogP contribution is 2.30. The summed E-state index contributed by atoms with van der Waals surface area (Å²) >= 11 is 0. The first-order valence-electron chi connectivity index (χ1n) is 7.87. The Morgan fingerprint density at radius 2 is 1.92 bits per heavy atom. The Morgan fingerprint density at radius 1 is 1.12 bits per heavy atom. The summed E-state index contributed by atoms with van der Waals surface area (Å²) in [6.07, 6.45) is 1.11. The number of nitrogens with zero attached hydrogens (tertiary/aromatic N) is 3. The van der Waals surface area contributed by atoms with E-state index in [1.54, 1.807) is 18.3 Å². The van der Waals surface area contributed by atoms with Crippen LogP contribution in [0.1, 0.15) is 37.1 Å². The SMILES string of the molecule is FC(F)(F)c1cc(NCc2ccccn2)nc(NC2CCCC2)n1. The minimum Gasteiger partial charge on any atom is -0.364 e. The van der Waals surface area contributed by atoms with Gasteiger partial charge in [0.05, 0.1) is 12.2 Å². The second-order valence-electron chi connectivity index (χ2n) is 5.76. The van der Waals surface area contributed by atoms with Crippen LogP contribution in [0.3, 0.4) is 0 Å². The lowest BCUT2D eigenvalue weighted by atomic mass is 10.2. The van der Waals surface area contributed by atoms with Crippen molar-refractivity contribution in [1.82, 2.24) is 15.0 Å². The lowest BCUT2D eigenvalue weighted by Gasteiger charge is -2.15. The quantitative estimate of drug-likeness (QED) is 0.867. The van der Waals surface area contributed by atoms with Gasteiger partial charge in [-0.15, -0.1) is 0 Å². The molecule has 0 bridgehead atoms. The van der Waals surface area contributed by atoms with Crippen molar-refractivity contribution in [2.75, 3.05) is 10.6 Å². The van der Waals surface area contributed by atoms with Gasteiger partial charge >= 0.3 is 6.18 Å². The molecule has 2 aromatic heterocycles. The van der Waals surface area contributed by atoms with E-state index in [9.17, 15) is 13.2 Å². The lowest BCUT2D eigenvalue weighted by molar-refractivity contribution is -0.141. The number of rotatable bonds is 5. The Balaban J connectivity index is 1.78. The number of hydrogen-bond donors (Lipinski definition) is 2. The minimum atomic E-state index is -4.52.